The zero-order valence-electron chi connectivity index (χ0n) is 14.9. The first-order valence-electron chi connectivity index (χ1n) is 8.07. The van der Waals surface area contributed by atoms with Crippen LogP contribution < -0.4 is 0 Å². The Morgan fingerprint density at radius 3 is 2.40 bits per heavy atom. The molecule has 1 heterocycles. The van der Waals surface area contributed by atoms with Crippen molar-refractivity contribution in [2.24, 2.45) is 0 Å². The van der Waals surface area contributed by atoms with Crippen LogP contribution in [0.25, 0.3) is 0 Å². The molecule has 0 atom stereocenters. The largest absolute Gasteiger partial charge is 0.478 e. The van der Waals surface area contributed by atoms with Crippen LogP contribution in [0.3, 0.4) is 0 Å². The van der Waals surface area contributed by atoms with Crippen LogP contribution in [-0.2, 0) is 11.3 Å². The summed E-state index contributed by atoms with van der Waals surface area (Å²) in [5.41, 5.74) is 1.41. The van der Waals surface area contributed by atoms with Crippen LogP contribution in [0, 0.1) is 6.92 Å². The highest BCUT2D eigenvalue weighted by molar-refractivity contribution is 8.00. The van der Waals surface area contributed by atoms with Gasteiger partial charge in [-0.05, 0) is 36.6 Å². The SMILES string of the molecule is Cc1oc(CN(C)C(=O)CSc2ccc(C(C)C)cc2)cc1C(=O)O. The number of aromatic carboxylic acids is 1. The summed E-state index contributed by atoms with van der Waals surface area (Å²) >= 11 is 1.49. The predicted octanol–water partition coefficient (Wildman–Crippen LogP) is 4.16. The van der Waals surface area contributed by atoms with Crippen molar-refractivity contribution in [2.45, 2.75) is 38.1 Å². The van der Waals surface area contributed by atoms with Crippen LogP contribution in [0.5, 0.6) is 0 Å². The molecular weight excluding hydrogens is 338 g/mol. The van der Waals surface area contributed by atoms with Gasteiger partial charge in [-0.15, -0.1) is 11.8 Å². The van der Waals surface area contributed by atoms with Crippen molar-refractivity contribution >= 4 is 23.6 Å². The molecule has 0 saturated carbocycles. The molecule has 0 bridgehead atoms. The molecule has 0 aliphatic rings. The third kappa shape index (κ3) is 5.13. The molecule has 0 spiro atoms. The van der Waals surface area contributed by atoms with Gasteiger partial charge in [0.25, 0.3) is 0 Å². The summed E-state index contributed by atoms with van der Waals surface area (Å²) in [5.74, 6) is 0.563. The Balaban J connectivity index is 1.89. The van der Waals surface area contributed by atoms with E-state index in [2.05, 4.69) is 26.0 Å². The molecule has 6 heteroatoms. The molecular formula is C19H23NO4S. The number of carbonyl (C=O) groups is 2. The zero-order valence-corrected chi connectivity index (χ0v) is 15.7. The van der Waals surface area contributed by atoms with E-state index in [-0.39, 0.29) is 18.0 Å². The maximum atomic E-state index is 12.3. The third-order valence-electron chi connectivity index (χ3n) is 3.93. The summed E-state index contributed by atoms with van der Waals surface area (Å²) in [4.78, 5) is 25.9. The Morgan fingerprint density at radius 2 is 1.88 bits per heavy atom. The highest BCUT2D eigenvalue weighted by Gasteiger charge is 2.17. The summed E-state index contributed by atoms with van der Waals surface area (Å²) in [7, 11) is 1.68. The molecule has 1 aromatic heterocycles. The normalized spacial score (nSPS) is 10.9. The molecule has 1 N–H and O–H groups in total. The quantitative estimate of drug-likeness (QED) is 0.750. The molecule has 0 fully saturated rings. The van der Waals surface area contributed by atoms with Gasteiger partial charge in [-0.2, -0.15) is 0 Å². The number of thioether (sulfide) groups is 1. The average Bonchev–Trinajstić information content (AvgIpc) is 2.93. The Morgan fingerprint density at radius 1 is 1.24 bits per heavy atom. The summed E-state index contributed by atoms with van der Waals surface area (Å²) in [5, 5.41) is 9.04. The maximum absolute atomic E-state index is 12.3. The van der Waals surface area contributed by atoms with Crippen molar-refractivity contribution in [3.63, 3.8) is 0 Å². The molecule has 1 aromatic carbocycles. The van der Waals surface area contributed by atoms with E-state index in [0.29, 0.717) is 23.2 Å². The van der Waals surface area contributed by atoms with Crippen LogP contribution in [-0.4, -0.2) is 34.7 Å². The number of rotatable bonds is 7. The lowest BCUT2D eigenvalue weighted by Gasteiger charge is -2.15. The number of furan rings is 1. The van der Waals surface area contributed by atoms with Crippen LogP contribution in [0.2, 0.25) is 0 Å². The number of hydrogen-bond donors (Lipinski definition) is 1. The number of carboxylic acids is 1. The lowest BCUT2D eigenvalue weighted by Crippen LogP contribution is -2.27. The second-order valence-electron chi connectivity index (χ2n) is 6.25. The van der Waals surface area contributed by atoms with Crippen molar-refractivity contribution in [3.8, 4) is 0 Å². The Labute approximate surface area is 152 Å². The summed E-state index contributed by atoms with van der Waals surface area (Å²) in [6.45, 7) is 6.14. The fourth-order valence-electron chi connectivity index (χ4n) is 2.36. The lowest BCUT2D eigenvalue weighted by atomic mass is 10.0. The van der Waals surface area contributed by atoms with Gasteiger partial charge in [0.2, 0.25) is 5.91 Å². The number of hydrogen-bond acceptors (Lipinski definition) is 4. The first kappa shape index (κ1) is 19.1. The standard InChI is InChI=1S/C19H23NO4S/c1-12(2)14-5-7-16(8-6-14)25-11-18(21)20(4)10-15-9-17(19(22)23)13(3)24-15/h5-9,12H,10-11H2,1-4H3,(H,22,23). The van der Waals surface area contributed by atoms with Crippen molar-refractivity contribution in [2.75, 3.05) is 12.8 Å². The molecule has 0 saturated heterocycles. The summed E-state index contributed by atoms with van der Waals surface area (Å²) in [6.07, 6.45) is 0. The molecule has 2 aromatic rings. The van der Waals surface area contributed by atoms with E-state index in [1.165, 1.54) is 23.4 Å². The predicted molar refractivity (Wildman–Crippen MR) is 98.1 cm³/mol. The van der Waals surface area contributed by atoms with Crippen molar-refractivity contribution < 1.29 is 19.1 Å². The number of aryl methyl sites for hydroxylation is 1. The molecule has 0 aliphatic heterocycles. The van der Waals surface area contributed by atoms with Crippen LogP contribution in [0.15, 0.2) is 39.6 Å². The topological polar surface area (TPSA) is 70.8 Å². The highest BCUT2D eigenvalue weighted by atomic mass is 32.2. The molecule has 0 radical (unpaired) electrons. The molecule has 2 rings (SSSR count). The second kappa shape index (κ2) is 8.25. The average molecular weight is 361 g/mol. The minimum absolute atomic E-state index is 0.0381. The smallest absolute Gasteiger partial charge is 0.339 e. The Kier molecular flexibility index (Phi) is 6.31. The fourth-order valence-corrected chi connectivity index (χ4v) is 3.20. The van der Waals surface area contributed by atoms with Crippen LogP contribution in [0.4, 0.5) is 0 Å². The molecule has 0 aliphatic carbocycles. The Bertz CT molecular complexity index is 749. The molecule has 0 unspecified atom stereocenters. The van der Waals surface area contributed by atoms with E-state index in [0.717, 1.165) is 4.90 Å². The minimum atomic E-state index is -1.03. The van der Waals surface area contributed by atoms with Gasteiger partial charge in [-0.3, -0.25) is 4.79 Å². The maximum Gasteiger partial charge on any atom is 0.339 e. The van der Waals surface area contributed by atoms with Crippen molar-refractivity contribution in [1.82, 2.24) is 4.90 Å². The highest BCUT2D eigenvalue weighted by Crippen LogP contribution is 2.22. The fraction of sp³-hybridized carbons (Fsp3) is 0.368. The monoisotopic (exact) mass is 361 g/mol. The third-order valence-corrected chi connectivity index (χ3v) is 4.92. The van der Waals surface area contributed by atoms with Crippen molar-refractivity contribution in [3.05, 3.63) is 53.0 Å². The molecule has 5 nitrogen and oxygen atoms in total. The van der Waals surface area contributed by atoms with E-state index in [9.17, 15) is 9.59 Å². The molecule has 1 amide bonds. The van der Waals surface area contributed by atoms with Crippen LogP contribution in [0.1, 0.15) is 47.2 Å². The number of carboxylic acid groups (broad SMARTS) is 1. The Hall–Kier alpha value is -2.21. The van der Waals surface area contributed by atoms with E-state index in [1.807, 2.05) is 12.1 Å². The van der Waals surface area contributed by atoms with Crippen LogP contribution >= 0.6 is 11.8 Å². The number of benzene rings is 1. The molecule has 134 valence electrons. The van der Waals surface area contributed by atoms with Gasteiger partial charge in [-0.25, -0.2) is 4.79 Å². The van der Waals surface area contributed by atoms with E-state index >= 15 is 0 Å². The van der Waals surface area contributed by atoms with Gasteiger partial charge in [0.15, 0.2) is 0 Å². The van der Waals surface area contributed by atoms with Crippen molar-refractivity contribution in [1.29, 1.82) is 0 Å². The van der Waals surface area contributed by atoms with Gasteiger partial charge >= 0.3 is 5.97 Å². The zero-order chi connectivity index (χ0) is 18.6. The number of amides is 1. The molecule has 25 heavy (non-hydrogen) atoms. The van der Waals surface area contributed by atoms with E-state index in [1.54, 1.807) is 18.9 Å². The van der Waals surface area contributed by atoms with Gasteiger partial charge < -0.3 is 14.4 Å². The lowest BCUT2D eigenvalue weighted by molar-refractivity contribution is -0.127. The number of nitrogens with zero attached hydrogens (tertiary/aromatic N) is 1. The second-order valence-corrected chi connectivity index (χ2v) is 7.30. The number of carbonyl (C=O) groups excluding carboxylic acids is 1. The minimum Gasteiger partial charge on any atom is -0.478 e. The first-order valence-corrected chi connectivity index (χ1v) is 9.05. The summed E-state index contributed by atoms with van der Waals surface area (Å²) in [6, 6.07) is 9.70. The first-order chi connectivity index (χ1) is 11.8. The summed E-state index contributed by atoms with van der Waals surface area (Å²) < 4.78 is 5.41. The van der Waals surface area contributed by atoms with Gasteiger partial charge in [0.1, 0.15) is 17.1 Å². The van der Waals surface area contributed by atoms with Gasteiger partial charge in [0, 0.05) is 11.9 Å². The van der Waals surface area contributed by atoms with E-state index in [4.69, 9.17) is 9.52 Å². The van der Waals surface area contributed by atoms with Gasteiger partial charge in [0.05, 0.1) is 12.3 Å². The van der Waals surface area contributed by atoms with Gasteiger partial charge in [-0.1, -0.05) is 26.0 Å². The van der Waals surface area contributed by atoms with E-state index < -0.39 is 5.97 Å².